The Morgan fingerprint density at radius 3 is 2.42 bits per heavy atom. The quantitative estimate of drug-likeness (QED) is 0.414. The van der Waals surface area contributed by atoms with E-state index in [0.29, 0.717) is 22.4 Å². The SMILES string of the molecule is C[C@@H]1CC(=O)c2cc(-c3ccc(Br)cc3)n(-c3ccc(Cl)c(Cl)c3)c2C1. The molecule has 0 bridgehead atoms. The Kier molecular flexibility index (Phi) is 4.72. The lowest BCUT2D eigenvalue weighted by atomic mass is 9.88. The first-order valence-corrected chi connectivity index (χ1v) is 9.98. The third-order valence-corrected chi connectivity index (χ3v) is 6.05. The molecule has 0 N–H and O–H groups in total. The average molecular weight is 449 g/mol. The van der Waals surface area contributed by atoms with E-state index in [2.05, 4.69) is 27.4 Å². The van der Waals surface area contributed by atoms with Crippen LogP contribution in [0.25, 0.3) is 16.9 Å². The molecular weight excluding hydrogens is 433 g/mol. The summed E-state index contributed by atoms with van der Waals surface area (Å²) in [5.74, 6) is 0.528. The van der Waals surface area contributed by atoms with Crippen LogP contribution in [0.4, 0.5) is 0 Å². The molecule has 3 aromatic rings. The summed E-state index contributed by atoms with van der Waals surface area (Å²) in [6.45, 7) is 2.12. The summed E-state index contributed by atoms with van der Waals surface area (Å²) in [7, 11) is 0. The Morgan fingerprint density at radius 2 is 1.73 bits per heavy atom. The highest BCUT2D eigenvalue weighted by Gasteiger charge is 2.28. The van der Waals surface area contributed by atoms with E-state index in [1.165, 1.54) is 0 Å². The van der Waals surface area contributed by atoms with Gasteiger partial charge in [-0.2, -0.15) is 0 Å². The van der Waals surface area contributed by atoms with Crippen LogP contribution in [0.15, 0.2) is 53.0 Å². The van der Waals surface area contributed by atoms with Crippen LogP contribution in [0.3, 0.4) is 0 Å². The van der Waals surface area contributed by atoms with Crippen LogP contribution in [0, 0.1) is 5.92 Å². The highest BCUT2D eigenvalue weighted by atomic mass is 79.9. The number of ketones is 1. The van der Waals surface area contributed by atoms with E-state index in [0.717, 1.165) is 39.1 Å². The van der Waals surface area contributed by atoms with Crippen molar-refractivity contribution in [2.45, 2.75) is 19.8 Å². The van der Waals surface area contributed by atoms with Crippen LogP contribution in [0.5, 0.6) is 0 Å². The first-order chi connectivity index (χ1) is 12.4. The minimum atomic E-state index is 0.205. The van der Waals surface area contributed by atoms with Crippen molar-refractivity contribution in [1.82, 2.24) is 4.57 Å². The van der Waals surface area contributed by atoms with Crippen molar-refractivity contribution in [2.75, 3.05) is 0 Å². The van der Waals surface area contributed by atoms with E-state index in [4.69, 9.17) is 23.2 Å². The lowest BCUT2D eigenvalue weighted by Crippen LogP contribution is -2.19. The van der Waals surface area contributed by atoms with Gasteiger partial charge >= 0.3 is 0 Å². The van der Waals surface area contributed by atoms with Crippen LogP contribution >= 0.6 is 39.1 Å². The number of halogens is 3. The largest absolute Gasteiger partial charge is 0.313 e. The summed E-state index contributed by atoms with van der Waals surface area (Å²) in [5, 5.41) is 1.02. The van der Waals surface area contributed by atoms with Gasteiger partial charge in [0, 0.05) is 27.8 Å². The molecule has 0 spiro atoms. The van der Waals surface area contributed by atoms with Crippen LogP contribution in [-0.2, 0) is 6.42 Å². The third-order valence-electron chi connectivity index (χ3n) is 4.78. The van der Waals surface area contributed by atoms with Crippen LogP contribution in [-0.4, -0.2) is 10.4 Å². The van der Waals surface area contributed by atoms with Crippen molar-refractivity contribution in [3.05, 3.63) is 74.3 Å². The molecule has 0 unspecified atom stereocenters. The molecule has 0 saturated carbocycles. The molecule has 26 heavy (non-hydrogen) atoms. The smallest absolute Gasteiger partial charge is 0.164 e. The van der Waals surface area contributed by atoms with Crippen molar-refractivity contribution >= 4 is 44.9 Å². The molecule has 0 saturated heterocycles. The Hall–Kier alpha value is -1.55. The topological polar surface area (TPSA) is 22.0 Å². The molecule has 4 rings (SSSR count). The fourth-order valence-electron chi connectivity index (χ4n) is 3.57. The number of hydrogen-bond acceptors (Lipinski definition) is 1. The summed E-state index contributed by atoms with van der Waals surface area (Å²) < 4.78 is 3.16. The van der Waals surface area contributed by atoms with E-state index in [1.54, 1.807) is 6.07 Å². The summed E-state index contributed by atoms with van der Waals surface area (Å²) >= 11 is 15.9. The van der Waals surface area contributed by atoms with Crippen LogP contribution in [0.1, 0.15) is 29.4 Å². The first kappa shape index (κ1) is 17.8. The average Bonchev–Trinajstić information content (AvgIpc) is 2.98. The predicted molar refractivity (Wildman–Crippen MR) is 111 cm³/mol. The molecule has 132 valence electrons. The molecule has 5 heteroatoms. The van der Waals surface area contributed by atoms with Crippen molar-refractivity contribution in [3.63, 3.8) is 0 Å². The zero-order valence-electron chi connectivity index (χ0n) is 14.1. The van der Waals surface area contributed by atoms with Crippen molar-refractivity contribution in [1.29, 1.82) is 0 Å². The Bertz CT molecular complexity index is 1010. The van der Waals surface area contributed by atoms with Gasteiger partial charge in [-0.25, -0.2) is 0 Å². The molecule has 2 aromatic carbocycles. The minimum absolute atomic E-state index is 0.205. The lowest BCUT2D eigenvalue weighted by Gasteiger charge is -2.21. The number of fused-ring (bicyclic) bond motifs is 1. The second-order valence-corrected chi connectivity index (χ2v) is 8.50. The van der Waals surface area contributed by atoms with Gasteiger partial charge in [-0.05, 0) is 54.3 Å². The molecule has 1 aliphatic rings. The normalized spacial score (nSPS) is 16.6. The summed E-state index contributed by atoms with van der Waals surface area (Å²) in [6.07, 6.45) is 1.45. The molecule has 2 nitrogen and oxygen atoms in total. The Labute approximate surface area is 170 Å². The molecule has 0 fully saturated rings. The van der Waals surface area contributed by atoms with Gasteiger partial charge in [-0.3, -0.25) is 4.79 Å². The second kappa shape index (κ2) is 6.88. The standard InChI is InChI=1S/C21H16BrCl2NO/c1-12-8-20-16(21(26)9-12)11-19(13-2-4-14(22)5-3-13)25(20)15-6-7-17(23)18(24)10-15/h2-7,10-12H,8-9H2,1H3/t12-/m0/s1. The molecule has 1 aliphatic carbocycles. The number of Topliss-reactive ketones (excluding diaryl/α,β-unsaturated/α-hetero) is 1. The van der Waals surface area contributed by atoms with E-state index >= 15 is 0 Å². The number of benzene rings is 2. The highest BCUT2D eigenvalue weighted by Crippen LogP contribution is 2.37. The van der Waals surface area contributed by atoms with Crippen LogP contribution < -0.4 is 0 Å². The molecule has 1 heterocycles. The van der Waals surface area contributed by atoms with Gasteiger partial charge in [0.2, 0.25) is 0 Å². The van der Waals surface area contributed by atoms with Gasteiger partial charge in [-0.15, -0.1) is 0 Å². The summed E-state index contributed by atoms with van der Waals surface area (Å²) in [4.78, 5) is 12.6. The number of hydrogen-bond donors (Lipinski definition) is 0. The van der Waals surface area contributed by atoms with Gasteiger partial charge < -0.3 is 4.57 Å². The summed E-state index contributed by atoms with van der Waals surface area (Å²) in [6, 6.07) is 15.7. The lowest BCUT2D eigenvalue weighted by molar-refractivity contribution is 0.0952. The zero-order valence-corrected chi connectivity index (χ0v) is 17.2. The molecular formula is C21H16BrCl2NO. The summed E-state index contributed by atoms with van der Waals surface area (Å²) in [5.41, 5.74) is 4.81. The third kappa shape index (κ3) is 3.13. The Morgan fingerprint density at radius 1 is 1.00 bits per heavy atom. The van der Waals surface area contributed by atoms with Gasteiger partial charge in [0.15, 0.2) is 5.78 Å². The van der Waals surface area contributed by atoms with Gasteiger partial charge in [0.1, 0.15) is 0 Å². The number of nitrogens with zero attached hydrogens (tertiary/aromatic N) is 1. The van der Waals surface area contributed by atoms with Gasteiger partial charge in [0.05, 0.1) is 15.7 Å². The van der Waals surface area contributed by atoms with E-state index in [1.807, 2.05) is 42.5 Å². The fraction of sp³-hybridized carbons (Fsp3) is 0.190. The second-order valence-electron chi connectivity index (χ2n) is 6.77. The molecule has 0 aliphatic heterocycles. The van der Waals surface area contributed by atoms with E-state index in [-0.39, 0.29) is 5.78 Å². The van der Waals surface area contributed by atoms with Crippen molar-refractivity contribution in [3.8, 4) is 16.9 Å². The minimum Gasteiger partial charge on any atom is -0.313 e. The maximum absolute atomic E-state index is 12.6. The van der Waals surface area contributed by atoms with Gasteiger partial charge in [0.25, 0.3) is 0 Å². The van der Waals surface area contributed by atoms with E-state index in [9.17, 15) is 4.79 Å². The van der Waals surface area contributed by atoms with Crippen molar-refractivity contribution in [2.24, 2.45) is 5.92 Å². The number of rotatable bonds is 2. The maximum atomic E-state index is 12.6. The predicted octanol–water partition coefficient (Wildman–Crippen LogP) is 6.98. The molecule has 1 atom stereocenters. The maximum Gasteiger partial charge on any atom is 0.164 e. The van der Waals surface area contributed by atoms with Crippen LogP contribution in [0.2, 0.25) is 10.0 Å². The fourth-order valence-corrected chi connectivity index (χ4v) is 4.13. The number of carbonyl (C=O) groups excluding carboxylic acids is 1. The Balaban J connectivity index is 1.99. The number of aromatic nitrogens is 1. The first-order valence-electron chi connectivity index (χ1n) is 8.43. The number of carbonyl (C=O) groups is 1. The van der Waals surface area contributed by atoms with Gasteiger partial charge in [-0.1, -0.05) is 58.2 Å². The molecule has 0 amide bonds. The highest BCUT2D eigenvalue weighted by molar-refractivity contribution is 9.10. The monoisotopic (exact) mass is 447 g/mol. The zero-order chi connectivity index (χ0) is 18.4. The molecule has 0 radical (unpaired) electrons. The molecule has 1 aromatic heterocycles. The van der Waals surface area contributed by atoms with E-state index < -0.39 is 0 Å². The van der Waals surface area contributed by atoms with Crippen molar-refractivity contribution < 1.29 is 4.79 Å².